The summed E-state index contributed by atoms with van der Waals surface area (Å²) in [6.45, 7) is 4.72. The molecule has 0 amide bonds. The van der Waals surface area contributed by atoms with E-state index in [9.17, 15) is 24.6 Å². The SMILES string of the molecule is CC1(c2ccc(O)cc2)CSc2cc(O)ccc2C1CCCCCCCCCSCCCCC#N.C[C@]1(c2ccc(O)cc2)CSc2cc(O)ccc2[C@H]1CCCCCCCCCS(=O)CCCCC#N. The maximum absolute atomic E-state index is 12.0. The monoisotopic (exact) mass is 1040 g/mol. The van der Waals surface area contributed by atoms with Gasteiger partial charge in [0.05, 0.1) is 12.1 Å². The van der Waals surface area contributed by atoms with E-state index in [-0.39, 0.29) is 10.8 Å². The third kappa shape index (κ3) is 18.9. The molecule has 71 heavy (non-hydrogen) atoms. The number of phenolic OH excluding ortho intramolecular Hbond substituents is 4. The first-order valence-electron chi connectivity index (χ1n) is 26.7. The van der Waals surface area contributed by atoms with Gasteiger partial charge in [-0.3, -0.25) is 4.21 Å². The zero-order valence-electron chi connectivity index (χ0n) is 42.8. The summed E-state index contributed by atoms with van der Waals surface area (Å²) in [7, 11) is -0.722. The molecule has 0 saturated carbocycles. The van der Waals surface area contributed by atoms with Crippen molar-refractivity contribution < 1.29 is 24.6 Å². The van der Waals surface area contributed by atoms with Gasteiger partial charge in [0.15, 0.2) is 0 Å². The van der Waals surface area contributed by atoms with Crippen molar-refractivity contribution in [3.05, 3.63) is 107 Å². The average molecular weight is 1040 g/mol. The van der Waals surface area contributed by atoms with Crippen LogP contribution in [0.1, 0.15) is 189 Å². The summed E-state index contributed by atoms with van der Waals surface area (Å²) >= 11 is 5.70. The number of unbranched alkanes of at least 4 members (excludes halogenated alkanes) is 16. The molecule has 4 aromatic carbocycles. The van der Waals surface area contributed by atoms with Crippen molar-refractivity contribution >= 4 is 46.1 Å². The van der Waals surface area contributed by atoms with Gasteiger partial charge in [-0.2, -0.15) is 22.3 Å². The summed E-state index contributed by atoms with van der Waals surface area (Å²) in [4.78, 5) is 2.41. The Labute approximate surface area is 442 Å². The van der Waals surface area contributed by atoms with E-state index in [1.807, 2.05) is 71.7 Å². The Morgan fingerprint density at radius 3 is 1.30 bits per heavy atom. The number of nitriles is 2. The number of fused-ring (bicyclic) bond motifs is 2. The maximum atomic E-state index is 12.0. The highest BCUT2D eigenvalue weighted by Crippen LogP contribution is 2.54. The minimum absolute atomic E-state index is 0.00854. The smallest absolute Gasteiger partial charge is 0.116 e. The molecule has 2 heterocycles. The van der Waals surface area contributed by atoms with Crippen molar-refractivity contribution in [3.63, 3.8) is 0 Å². The second-order valence-corrected chi connectivity index (χ2v) is 25.2. The molecule has 0 aromatic heterocycles. The molecule has 6 rings (SSSR count). The van der Waals surface area contributed by atoms with E-state index in [1.54, 1.807) is 12.1 Å². The molecule has 386 valence electrons. The molecule has 2 aliphatic heterocycles. The molecule has 11 heteroatoms. The van der Waals surface area contributed by atoms with Crippen LogP contribution < -0.4 is 0 Å². The summed E-state index contributed by atoms with van der Waals surface area (Å²) in [5.74, 6) is 8.03. The maximum Gasteiger partial charge on any atom is 0.116 e. The fourth-order valence-corrected chi connectivity index (χ4v) is 15.5. The molecule has 0 spiro atoms. The van der Waals surface area contributed by atoms with Gasteiger partial charge >= 0.3 is 0 Å². The minimum atomic E-state index is -0.722. The van der Waals surface area contributed by atoms with E-state index >= 15 is 0 Å². The number of hydrogen-bond donors (Lipinski definition) is 4. The first-order valence-corrected chi connectivity index (χ1v) is 31.3. The normalized spacial score (nSPS) is 19.6. The Balaban J connectivity index is 0.000000264. The van der Waals surface area contributed by atoms with Gasteiger partial charge in [0.1, 0.15) is 23.0 Å². The minimum Gasteiger partial charge on any atom is -0.508 e. The van der Waals surface area contributed by atoms with Crippen LogP contribution in [0.5, 0.6) is 23.0 Å². The quantitative estimate of drug-likeness (QED) is 0.0372. The van der Waals surface area contributed by atoms with Crippen molar-refractivity contribution in [1.82, 2.24) is 0 Å². The summed E-state index contributed by atoms with van der Waals surface area (Å²) in [5, 5.41) is 56.7. The first-order chi connectivity index (χ1) is 34.5. The number of thioether (sulfide) groups is 3. The molecule has 4 aromatic rings. The standard InChI is InChI=1S/C30H41NO3S2.C30H41NO2S2/c1-30(24-13-15-25(32)16-14-24)23-35-29-22-26(33)17-18-27(29)28(30)12-8-5-3-2-4-6-10-20-36(34)21-11-7-9-19-31;1-30(24-13-15-25(32)16-14-24)23-35-29-22-26(33)17-18-27(29)28(30)12-8-5-3-2-4-6-10-20-34-21-11-7-9-19-31/h13-18,22,28,32-33H,2-12,20-21,23H2,1H3;13-18,22,28,32-33H,2-12,20-21,23H2,1H3/t28-,30-,36?;/m1./s1. The highest BCUT2D eigenvalue weighted by atomic mass is 32.2. The van der Waals surface area contributed by atoms with Crippen molar-refractivity contribution in [2.75, 3.05) is 34.5 Å². The van der Waals surface area contributed by atoms with Crippen molar-refractivity contribution in [2.45, 2.75) is 188 Å². The van der Waals surface area contributed by atoms with Crippen LogP contribution in [0.4, 0.5) is 0 Å². The molecule has 0 radical (unpaired) electrons. The van der Waals surface area contributed by atoms with Gasteiger partial charge in [0.25, 0.3) is 0 Å². The Morgan fingerprint density at radius 1 is 0.507 bits per heavy atom. The summed E-state index contributed by atoms with van der Waals surface area (Å²) in [6.07, 6.45) is 24.9. The molecule has 7 nitrogen and oxygen atoms in total. The Morgan fingerprint density at radius 2 is 0.859 bits per heavy atom. The number of rotatable bonds is 30. The van der Waals surface area contributed by atoms with Gasteiger partial charge in [-0.15, -0.1) is 23.5 Å². The van der Waals surface area contributed by atoms with Gasteiger partial charge in [-0.05, 0) is 145 Å². The van der Waals surface area contributed by atoms with Crippen LogP contribution in [0.3, 0.4) is 0 Å². The Kier molecular flexibility index (Phi) is 26.0. The zero-order valence-corrected chi connectivity index (χ0v) is 46.0. The number of nitrogens with zero attached hydrogens (tertiary/aromatic N) is 2. The average Bonchev–Trinajstić information content (AvgIpc) is 3.36. The topological polar surface area (TPSA) is 146 Å². The van der Waals surface area contributed by atoms with E-state index in [0.717, 1.165) is 68.0 Å². The second-order valence-electron chi connectivity index (χ2n) is 20.3. The van der Waals surface area contributed by atoms with Crippen molar-refractivity contribution in [1.29, 1.82) is 10.5 Å². The molecule has 0 saturated heterocycles. The fourth-order valence-electron chi connectivity index (χ4n) is 10.4. The van der Waals surface area contributed by atoms with Crippen molar-refractivity contribution in [2.24, 2.45) is 0 Å². The van der Waals surface area contributed by atoms with Gasteiger partial charge in [-0.1, -0.05) is 127 Å². The van der Waals surface area contributed by atoms with E-state index in [4.69, 9.17) is 10.5 Å². The molecular formula is C60H82N2O5S4. The predicted molar refractivity (Wildman–Crippen MR) is 302 cm³/mol. The van der Waals surface area contributed by atoms with Crippen LogP contribution >= 0.6 is 35.3 Å². The summed E-state index contributed by atoms with van der Waals surface area (Å²) in [5.41, 5.74) is 5.23. The van der Waals surface area contributed by atoms with Crippen LogP contribution in [0.15, 0.2) is 94.7 Å². The number of aromatic hydroxyl groups is 4. The van der Waals surface area contributed by atoms with Crippen molar-refractivity contribution in [3.8, 4) is 35.1 Å². The van der Waals surface area contributed by atoms with Crippen LogP contribution in [0, 0.1) is 22.7 Å². The van der Waals surface area contributed by atoms with Gasteiger partial charge in [0, 0.05) is 67.3 Å². The lowest BCUT2D eigenvalue weighted by Gasteiger charge is -2.43. The van der Waals surface area contributed by atoms with E-state index in [1.165, 1.54) is 127 Å². The van der Waals surface area contributed by atoms with E-state index < -0.39 is 10.8 Å². The number of hydrogen-bond acceptors (Lipinski definition) is 10. The third-order valence-corrected chi connectivity index (χ3v) is 20.2. The van der Waals surface area contributed by atoms with Crippen LogP contribution in [-0.2, 0) is 21.6 Å². The molecule has 0 aliphatic carbocycles. The molecule has 5 atom stereocenters. The lowest BCUT2D eigenvalue weighted by molar-refractivity contribution is 0.370. The van der Waals surface area contributed by atoms with Gasteiger partial charge < -0.3 is 20.4 Å². The molecule has 4 N–H and O–H groups in total. The van der Waals surface area contributed by atoms with E-state index in [0.29, 0.717) is 47.7 Å². The van der Waals surface area contributed by atoms with Gasteiger partial charge in [0.2, 0.25) is 0 Å². The van der Waals surface area contributed by atoms with Crippen LogP contribution in [0.25, 0.3) is 0 Å². The van der Waals surface area contributed by atoms with E-state index in [2.05, 4.69) is 62.4 Å². The molecule has 0 bridgehead atoms. The fraction of sp³-hybridized carbons (Fsp3) is 0.567. The molecule has 3 unspecified atom stereocenters. The highest BCUT2D eigenvalue weighted by molar-refractivity contribution is 7.99. The summed E-state index contributed by atoms with van der Waals surface area (Å²) < 4.78 is 12.0. The molecule has 0 fully saturated rings. The first kappa shape index (κ1) is 58.2. The zero-order chi connectivity index (χ0) is 50.7. The largest absolute Gasteiger partial charge is 0.508 e. The second kappa shape index (κ2) is 31.8. The highest BCUT2D eigenvalue weighted by Gasteiger charge is 2.42. The Bertz CT molecular complexity index is 2280. The Hall–Kier alpha value is -3.74. The lowest BCUT2D eigenvalue weighted by atomic mass is 9.68. The number of phenols is 4. The summed E-state index contributed by atoms with van der Waals surface area (Å²) in [6, 6.07) is 31.6. The van der Waals surface area contributed by atoms with Crippen LogP contribution in [-0.4, -0.2) is 59.2 Å². The molecular weight excluding hydrogens is 957 g/mol. The predicted octanol–water partition coefficient (Wildman–Crippen LogP) is 16.6. The third-order valence-electron chi connectivity index (χ3n) is 14.8. The molecule has 2 aliphatic rings. The number of benzene rings is 4. The lowest BCUT2D eigenvalue weighted by Crippen LogP contribution is -2.36. The van der Waals surface area contributed by atoms with Gasteiger partial charge in [-0.25, -0.2) is 0 Å². The van der Waals surface area contributed by atoms with Crippen LogP contribution in [0.2, 0.25) is 0 Å².